The molecule has 0 unspecified atom stereocenters. The predicted molar refractivity (Wildman–Crippen MR) is 50.8 cm³/mol. The average molecular weight is 190 g/mol. The van der Waals surface area contributed by atoms with Crippen molar-refractivity contribution in [2.45, 2.75) is 13.8 Å². The van der Waals surface area contributed by atoms with Gasteiger partial charge in [-0.2, -0.15) is 4.68 Å². The minimum atomic E-state index is -0.0971. The van der Waals surface area contributed by atoms with Gasteiger partial charge in [0.2, 0.25) is 5.65 Å². The number of nitrogens with zero attached hydrogens (tertiary/aromatic N) is 4. The summed E-state index contributed by atoms with van der Waals surface area (Å²) in [5, 5.41) is 7.57. The van der Waals surface area contributed by atoms with E-state index in [1.165, 1.54) is 4.68 Å². The Labute approximate surface area is 80.7 Å². The molecular formula is C9H10N4O. The molecule has 0 aliphatic carbocycles. The Hall–Kier alpha value is -1.78. The van der Waals surface area contributed by atoms with Gasteiger partial charge in [0.1, 0.15) is 5.52 Å². The molecule has 0 saturated carbocycles. The van der Waals surface area contributed by atoms with Crippen LogP contribution in [0.5, 0.6) is 0 Å². The van der Waals surface area contributed by atoms with Crippen LogP contribution in [0.2, 0.25) is 0 Å². The summed E-state index contributed by atoms with van der Waals surface area (Å²) in [6.45, 7) is 3.65. The molecule has 0 spiro atoms. The highest BCUT2D eigenvalue weighted by molar-refractivity contribution is 5.88. The van der Waals surface area contributed by atoms with Gasteiger partial charge in [-0.1, -0.05) is 19.1 Å². The van der Waals surface area contributed by atoms with E-state index in [-0.39, 0.29) is 11.8 Å². The highest BCUT2D eigenvalue weighted by atomic mass is 16.2. The van der Waals surface area contributed by atoms with Gasteiger partial charge in [0.25, 0.3) is 5.91 Å². The van der Waals surface area contributed by atoms with Crippen molar-refractivity contribution in [2.24, 2.45) is 5.92 Å². The molecule has 2 heterocycles. The summed E-state index contributed by atoms with van der Waals surface area (Å²) in [5.41, 5.74) is 1.16. The van der Waals surface area contributed by atoms with Crippen LogP contribution < -0.4 is 0 Å². The molecule has 0 bridgehead atoms. The second kappa shape index (κ2) is 3.17. The number of carbonyl (C=O) groups is 1. The van der Waals surface area contributed by atoms with Crippen LogP contribution in [0.3, 0.4) is 0 Å². The second-order valence-electron chi connectivity index (χ2n) is 3.34. The summed E-state index contributed by atoms with van der Waals surface area (Å²) in [7, 11) is 0. The van der Waals surface area contributed by atoms with E-state index in [0.29, 0.717) is 11.2 Å². The maximum atomic E-state index is 11.7. The maximum absolute atomic E-state index is 11.7. The van der Waals surface area contributed by atoms with E-state index in [4.69, 9.17) is 0 Å². The third kappa shape index (κ3) is 1.26. The molecule has 0 aliphatic rings. The zero-order chi connectivity index (χ0) is 10.1. The zero-order valence-corrected chi connectivity index (χ0v) is 8.01. The van der Waals surface area contributed by atoms with Gasteiger partial charge in [0.15, 0.2) is 0 Å². The van der Waals surface area contributed by atoms with E-state index in [0.717, 1.165) is 0 Å². The lowest BCUT2D eigenvalue weighted by atomic mass is 10.2. The first-order chi connectivity index (χ1) is 6.70. The minimum Gasteiger partial charge on any atom is -0.272 e. The molecule has 0 amide bonds. The molecule has 5 heteroatoms. The summed E-state index contributed by atoms with van der Waals surface area (Å²) in [6, 6.07) is 3.54. The molecular weight excluding hydrogens is 180 g/mol. The molecule has 0 radical (unpaired) electrons. The number of aromatic nitrogens is 4. The lowest BCUT2D eigenvalue weighted by Crippen LogP contribution is -2.18. The quantitative estimate of drug-likeness (QED) is 0.676. The van der Waals surface area contributed by atoms with Crippen LogP contribution in [0, 0.1) is 5.92 Å². The van der Waals surface area contributed by atoms with E-state index < -0.39 is 0 Å². The SMILES string of the molecule is CC(C)C(=O)n1nnc2ncccc21. The van der Waals surface area contributed by atoms with Crippen LogP contribution >= 0.6 is 0 Å². The van der Waals surface area contributed by atoms with Crippen molar-refractivity contribution < 1.29 is 4.79 Å². The zero-order valence-electron chi connectivity index (χ0n) is 8.01. The van der Waals surface area contributed by atoms with Gasteiger partial charge in [0.05, 0.1) is 0 Å². The summed E-state index contributed by atoms with van der Waals surface area (Å²) in [5.74, 6) is -0.166. The van der Waals surface area contributed by atoms with Crippen LogP contribution in [0.4, 0.5) is 0 Å². The van der Waals surface area contributed by atoms with Crippen molar-refractivity contribution in [1.82, 2.24) is 20.0 Å². The first-order valence-corrected chi connectivity index (χ1v) is 4.41. The fourth-order valence-electron chi connectivity index (χ4n) is 1.17. The second-order valence-corrected chi connectivity index (χ2v) is 3.34. The van der Waals surface area contributed by atoms with Gasteiger partial charge in [-0.25, -0.2) is 4.98 Å². The Morgan fingerprint density at radius 3 is 3.00 bits per heavy atom. The number of rotatable bonds is 1. The number of carbonyl (C=O) groups excluding carboxylic acids is 1. The number of pyridine rings is 1. The number of hydrogen-bond acceptors (Lipinski definition) is 4. The fraction of sp³-hybridized carbons (Fsp3) is 0.333. The van der Waals surface area contributed by atoms with Gasteiger partial charge in [-0.3, -0.25) is 4.79 Å². The molecule has 0 aliphatic heterocycles. The Bertz CT molecular complexity index is 474. The van der Waals surface area contributed by atoms with Crippen LogP contribution in [-0.2, 0) is 0 Å². The van der Waals surface area contributed by atoms with Gasteiger partial charge < -0.3 is 0 Å². The summed E-state index contributed by atoms with van der Waals surface area (Å²) >= 11 is 0. The largest absolute Gasteiger partial charge is 0.272 e. The van der Waals surface area contributed by atoms with Crippen LogP contribution in [0.15, 0.2) is 18.3 Å². The molecule has 0 fully saturated rings. The van der Waals surface area contributed by atoms with Crippen molar-refractivity contribution in [2.75, 3.05) is 0 Å². The molecule has 14 heavy (non-hydrogen) atoms. The first-order valence-electron chi connectivity index (χ1n) is 4.41. The number of fused-ring (bicyclic) bond motifs is 1. The van der Waals surface area contributed by atoms with Crippen LogP contribution in [-0.4, -0.2) is 25.9 Å². The Morgan fingerprint density at radius 1 is 1.50 bits per heavy atom. The molecule has 72 valence electrons. The van der Waals surface area contributed by atoms with Crippen molar-refractivity contribution >= 4 is 17.1 Å². The molecule has 2 rings (SSSR count). The lowest BCUT2D eigenvalue weighted by Gasteiger charge is -2.02. The number of hydrogen-bond donors (Lipinski definition) is 0. The Morgan fingerprint density at radius 2 is 2.29 bits per heavy atom. The highest BCUT2D eigenvalue weighted by Crippen LogP contribution is 2.08. The minimum absolute atomic E-state index is 0.0690. The average Bonchev–Trinajstić information content (AvgIpc) is 2.60. The smallest absolute Gasteiger partial charge is 0.251 e. The van der Waals surface area contributed by atoms with E-state index in [2.05, 4.69) is 15.3 Å². The van der Waals surface area contributed by atoms with E-state index in [9.17, 15) is 4.79 Å². The fourth-order valence-corrected chi connectivity index (χ4v) is 1.17. The molecule has 2 aromatic rings. The third-order valence-corrected chi connectivity index (χ3v) is 1.93. The molecule has 0 aromatic carbocycles. The summed E-state index contributed by atoms with van der Waals surface area (Å²) < 4.78 is 1.30. The standard InChI is InChI=1S/C9H10N4O/c1-6(2)9(14)13-7-4-3-5-10-8(7)11-12-13/h3-6H,1-2H3. The van der Waals surface area contributed by atoms with E-state index in [1.54, 1.807) is 18.3 Å². The lowest BCUT2D eigenvalue weighted by molar-refractivity contribution is 0.0842. The third-order valence-electron chi connectivity index (χ3n) is 1.93. The van der Waals surface area contributed by atoms with Crippen LogP contribution in [0.25, 0.3) is 11.2 Å². The molecule has 2 aromatic heterocycles. The summed E-state index contributed by atoms with van der Waals surface area (Å²) in [6.07, 6.45) is 1.63. The predicted octanol–water partition coefficient (Wildman–Crippen LogP) is 1.12. The van der Waals surface area contributed by atoms with Gasteiger partial charge >= 0.3 is 0 Å². The molecule has 0 saturated heterocycles. The van der Waals surface area contributed by atoms with Crippen molar-refractivity contribution in [3.8, 4) is 0 Å². The van der Waals surface area contributed by atoms with Crippen molar-refractivity contribution in [3.05, 3.63) is 18.3 Å². The van der Waals surface area contributed by atoms with Gasteiger partial charge in [-0.05, 0) is 12.1 Å². The van der Waals surface area contributed by atoms with Crippen molar-refractivity contribution in [1.29, 1.82) is 0 Å². The van der Waals surface area contributed by atoms with Crippen molar-refractivity contribution in [3.63, 3.8) is 0 Å². The summed E-state index contributed by atoms with van der Waals surface area (Å²) in [4.78, 5) is 15.6. The monoisotopic (exact) mass is 190 g/mol. The van der Waals surface area contributed by atoms with Crippen LogP contribution in [0.1, 0.15) is 18.6 Å². The Kier molecular flexibility index (Phi) is 1.99. The first kappa shape index (κ1) is 8.80. The van der Waals surface area contributed by atoms with E-state index >= 15 is 0 Å². The Balaban J connectivity index is 2.58. The highest BCUT2D eigenvalue weighted by Gasteiger charge is 2.14. The van der Waals surface area contributed by atoms with Gasteiger partial charge in [-0.15, -0.1) is 5.10 Å². The maximum Gasteiger partial charge on any atom is 0.251 e. The normalized spacial score (nSPS) is 11.1. The van der Waals surface area contributed by atoms with E-state index in [1.807, 2.05) is 13.8 Å². The molecule has 0 N–H and O–H groups in total. The van der Waals surface area contributed by atoms with Gasteiger partial charge in [0, 0.05) is 12.1 Å². The topological polar surface area (TPSA) is 60.7 Å². The molecule has 0 atom stereocenters. The molecule has 5 nitrogen and oxygen atoms in total.